The van der Waals surface area contributed by atoms with Gasteiger partial charge in [0, 0.05) is 16.7 Å². The van der Waals surface area contributed by atoms with Crippen LogP contribution in [0, 0.1) is 0 Å². The largest absolute Gasteiger partial charge is 0.302 e. The summed E-state index contributed by atoms with van der Waals surface area (Å²) in [6.45, 7) is 0. The normalized spacial score (nSPS) is 11.0. The number of carbonyl (C=O) groups excluding carboxylic acids is 1. The van der Waals surface area contributed by atoms with Crippen molar-refractivity contribution in [1.29, 1.82) is 0 Å². The molecule has 0 fully saturated rings. The molecule has 136 valence electrons. The minimum absolute atomic E-state index is 0.00821. The number of hydrogen-bond acceptors (Lipinski definition) is 6. The van der Waals surface area contributed by atoms with Gasteiger partial charge >= 0.3 is 0 Å². The number of amides is 1. The highest BCUT2D eigenvalue weighted by Crippen LogP contribution is 2.32. The summed E-state index contributed by atoms with van der Waals surface area (Å²) in [7, 11) is 0. The number of benzene rings is 2. The molecule has 0 atom stereocenters. The van der Waals surface area contributed by atoms with Gasteiger partial charge < -0.3 is 5.32 Å². The van der Waals surface area contributed by atoms with Gasteiger partial charge in [-0.25, -0.2) is 9.97 Å². The first kappa shape index (κ1) is 18.2. The molecular weight excluding hydrogens is 394 g/mol. The molecule has 0 aliphatic rings. The first-order valence-electron chi connectivity index (χ1n) is 8.57. The van der Waals surface area contributed by atoms with Crippen LogP contribution in [-0.4, -0.2) is 21.6 Å². The molecule has 0 aliphatic carbocycles. The van der Waals surface area contributed by atoms with E-state index in [2.05, 4.69) is 33.5 Å². The van der Waals surface area contributed by atoms with Crippen molar-refractivity contribution in [2.24, 2.45) is 0 Å². The van der Waals surface area contributed by atoms with Crippen LogP contribution in [0.4, 0.5) is 5.13 Å². The highest BCUT2D eigenvalue weighted by atomic mass is 32.2. The summed E-state index contributed by atoms with van der Waals surface area (Å²) in [4.78, 5) is 22.5. The van der Waals surface area contributed by atoms with E-state index in [0.29, 0.717) is 11.6 Å². The molecule has 0 unspecified atom stereocenters. The lowest BCUT2D eigenvalue weighted by Crippen LogP contribution is -2.11. The zero-order valence-corrected chi connectivity index (χ0v) is 16.9. The predicted molar refractivity (Wildman–Crippen MR) is 116 cm³/mol. The molecule has 0 aliphatic heterocycles. The second kappa shape index (κ2) is 8.65. The number of aromatic nitrogens is 2. The van der Waals surface area contributed by atoms with Gasteiger partial charge in [-0.05, 0) is 36.4 Å². The highest BCUT2D eigenvalue weighted by molar-refractivity contribution is 7.99. The molecule has 2 heterocycles. The summed E-state index contributed by atoms with van der Waals surface area (Å²) >= 11 is 4.82. The third-order valence-corrected chi connectivity index (χ3v) is 6.74. The zero-order chi connectivity index (χ0) is 18.5. The van der Waals surface area contributed by atoms with E-state index in [1.54, 1.807) is 23.1 Å². The monoisotopic (exact) mass is 411 g/mol. The van der Waals surface area contributed by atoms with Crippen LogP contribution in [-0.2, 0) is 4.79 Å². The average Bonchev–Trinajstić information content (AvgIpc) is 3.32. The van der Waals surface area contributed by atoms with Crippen LogP contribution in [0.5, 0.6) is 0 Å². The first-order valence-corrected chi connectivity index (χ1v) is 11.3. The first-order chi connectivity index (χ1) is 13.3. The number of carbonyl (C=O) groups is 1. The van der Waals surface area contributed by atoms with Crippen molar-refractivity contribution < 1.29 is 4.79 Å². The van der Waals surface area contributed by atoms with Crippen molar-refractivity contribution in [3.63, 3.8) is 0 Å². The molecule has 0 bridgehead atoms. The molecule has 0 spiro atoms. The Morgan fingerprint density at radius 1 is 1.04 bits per heavy atom. The van der Waals surface area contributed by atoms with Crippen molar-refractivity contribution in [2.75, 3.05) is 11.1 Å². The fourth-order valence-electron chi connectivity index (χ4n) is 2.53. The number of nitrogens with zero attached hydrogens (tertiary/aromatic N) is 2. The Balaban J connectivity index is 1.29. The van der Waals surface area contributed by atoms with Crippen molar-refractivity contribution >= 4 is 55.7 Å². The smallest absolute Gasteiger partial charge is 0.226 e. The van der Waals surface area contributed by atoms with Gasteiger partial charge in [0.05, 0.1) is 10.2 Å². The van der Waals surface area contributed by atoms with E-state index < -0.39 is 0 Å². The topological polar surface area (TPSA) is 54.9 Å². The van der Waals surface area contributed by atoms with E-state index in [0.717, 1.165) is 33.1 Å². The van der Waals surface area contributed by atoms with Gasteiger partial charge in [0.25, 0.3) is 0 Å². The maximum absolute atomic E-state index is 12.1. The van der Waals surface area contributed by atoms with Crippen LogP contribution in [0.25, 0.3) is 20.9 Å². The van der Waals surface area contributed by atoms with Crippen LogP contribution in [0.15, 0.2) is 64.9 Å². The molecule has 0 radical (unpaired) electrons. The number of fused-ring (bicyclic) bond motifs is 1. The minimum Gasteiger partial charge on any atom is -0.302 e. The molecule has 7 heteroatoms. The molecule has 0 saturated carbocycles. The highest BCUT2D eigenvalue weighted by Gasteiger charge is 2.11. The molecular formula is C20H17N3OS3. The van der Waals surface area contributed by atoms with Gasteiger partial charge in [-0.3, -0.25) is 4.79 Å². The number of thiazole rings is 2. The summed E-state index contributed by atoms with van der Waals surface area (Å²) in [6, 6.07) is 18.3. The number of rotatable bonds is 7. The number of para-hydroxylation sites is 1. The molecule has 0 saturated heterocycles. The van der Waals surface area contributed by atoms with Gasteiger partial charge in [0.2, 0.25) is 5.91 Å². The minimum atomic E-state index is 0.00821. The summed E-state index contributed by atoms with van der Waals surface area (Å²) in [5.41, 5.74) is 1.79. The fourth-order valence-corrected chi connectivity index (χ4v) is 5.12. The maximum Gasteiger partial charge on any atom is 0.226 e. The van der Waals surface area contributed by atoms with E-state index in [9.17, 15) is 4.79 Å². The Morgan fingerprint density at radius 3 is 2.70 bits per heavy atom. The summed E-state index contributed by atoms with van der Waals surface area (Å²) in [5, 5.41) is 6.35. The standard InChI is InChI=1S/C20H17N3OS3/c24-18(11-6-12-25-14-7-2-1-3-8-14)23-20-22-16(13-26-20)19-21-15-9-4-5-10-17(15)27-19/h1-5,7-10,13H,6,11-12H2,(H,22,23,24). The Hall–Kier alpha value is -2.22. The van der Waals surface area contributed by atoms with E-state index in [1.165, 1.54) is 16.2 Å². The number of thioether (sulfide) groups is 1. The molecule has 1 amide bonds. The van der Waals surface area contributed by atoms with Crippen molar-refractivity contribution in [3.8, 4) is 10.7 Å². The summed E-state index contributed by atoms with van der Waals surface area (Å²) in [5.74, 6) is 0.931. The number of nitrogens with one attached hydrogen (secondary N) is 1. The third-order valence-electron chi connectivity index (χ3n) is 3.82. The number of hydrogen-bond donors (Lipinski definition) is 1. The summed E-state index contributed by atoms with van der Waals surface area (Å²) in [6.07, 6.45) is 1.33. The van der Waals surface area contributed by atoms with Gasteiger partial charge in [-0.15, -0.1) is 34.4 Å². The van der Waals surface area contributed by atoms with E-state index in [4.69, 9.17) is 0 Å². The molecule has 27 heavy (non-hydrogen) atoms. The average molecular weight is 412 g/mol. The number of anilines is 1. The van der Waals surface area contributed by atoms with E-state index in [1.807, 2.05) is 41.8 Å². The second-order valence-corrected chi connectivity index (χ2v) is 8.89. The third kappa shape index (κ3) is 4.74. The van der Waals surface area contributed by atoms with E-state index >= 15 is 0 Å². The predicted octanol–water partition coefficient (Wildman–Crippen LogP) is 5.93. The zero-order valence-electron chi connectivity index (χ0n) is 14.4. The molecule has 4 nitrogen and oxygen atoms in total. The SMILES string of the molecule is O=C(CCCSc1ccccc1)Nc1nc(-c2nc3ccccc3s2)cs1. The van der Waals surface area contributed by atoms with Crippen LogP contribution in [0.2, 0.25) is 0 Å². The van der Waals surface area contributed by atoms with Crippen LogP contribution in [0.1, 0.15) is 12.8 Å². The fraction of sp³-hybridized carbons (Fsp3) is 0.150. The molecule has 4 aromatic rings. The lowest BCUT2D eigenvalue weighted by Gasteiger charge is -2.02. The van der Waals surface area contributed by atoms with Crippen LogP contribution in [0.3, 0.4) is 0 Å². The van der Waals surface area contributed by atoms with Gasteiger partial charge in [-0.2, -0.15) is 0 Å². The second-order valence-electron chi connectivity index (χ2n) is 5.84. The van der Waals surface area contributed by atoms with Gasteiger partial charge in [0.15, 0.2) is 5.13 Å². The molecule has 4 rings (SSSR count). The Morgan fingerprint density at radius 2 is 1.85 bits per heavy atom. The van der Waals surface area contributed by atoms with Crippen LogP contribution < -0.4 is 5.32 Å². The van der Waals surface area contributed by atoms with E-state index in [-0.39, 0.29) is 5.91 Å². The van der Waals surface area contributed by atoms with Crippen LogP contribution >= 0.6 is 34.4 Å². The molecule has 1 N–H and O–H groups in total. The Bertz CT molecular complexity index is 1010. The lowest BCUT2D eigenvalue weighted by molar-refractivity contribution is -0.116. The maximum atomic E-state index is 12.1. The molecule has 2 aromatic carbocycles. The van der Waals surface area contributed by atoms with Crippen molar-refractivity contribution in [2.45, 2.75) is 17.7 Å². The Kier molecular flexibility index (Phi) is 5.81. The quantitative estimate of drug-likeness (QED) is 0.302. The lowest BCUT2D eigenvalue weighted by atomic mass is 10.3. The van der Waals surface area contributed by atoms with Gasteiger partial charge in [0.1, 0.15) is 10.7 Å². The summed E-state index contributed by atoms with van der Waals surface area (Å²) < 4.78 is 1.14. The van der Waals surface area contributed by atoms with Crippen molar-refractivity contribution in [3.05, 3.63) is 60.0 Å². The molecule has 2 aromatic heterocycles. The Labute approximate surface area is 169 Å². The van der Waals surface area contributed by atoms with Crippen molar-refractivity contribution in [1.82, 2.24) is 9.97 Å². The van der Waals surface area contributed by atoms with Gasteiger partial charge in [-0.1, -0.05) is 30.3 Å².